The highest BCUT2D eigenvalue weighted by Gasteiger charge is 2.16. The van der Waals surface area contributed by atoms with Crippen LogP contribution in [0, 0.1) is 13.8 Å². The minimum absolute atomic E-state index is 0.491. The van der Waals surface area contributed by atoms with Crippen molar-refractivity contribution < 1.29 is 14.2 Å². The average Bonchev–Trinajstić information content (AvgIpc) is 3.30. The van der Waals surface area contributed by atoms with Crippen LogP contribution in [0.3, 0.4) is 0 Å². The summed E-state index contributed by atoms with van der Waals surface area (Å²) in [5.41, 5.74) is 5.26. The third-order valence-corrected chi connectivity index (χ3v) is 6.37. The van der Waals surface area contributed by atoms with Gasteiger partial charge in [-0.15, -0.1) is 0 Å². The molecule has 35 heavy (non-hydrogen) atoms. The second-order valence-electron chi connectivity index (χ2n) is 8.73. The number of hydrogen-bond donors (Lipinski definition) is 1. The Balaban J connectivity index is 1.49. The van der Waals surface area contributed by atoms with Crippen LogP contribution in [0.15, 0.2) is 54.7 Å². The quantitative estimate of drug-likeness (QED) is 0.402. The average molecular weight is 474 g/mol. The number of nitrogens with zero attached hydrogens (tertiary/aromatic N) is 4. The molecule has 0 aliphatic carbocycles. The van der Waals surface area contributed by atoms with E-state index in [-0.39, 0.29) is 0 Å². The van der Waals surface area contributed by atoms with Crippen molar-refractivity contribution in [3.05, 3.63) is 65.9 Å². The molecule has 1 aliphatic heterocycles. The van der Waals surface area contributed by atoms with Crippen molar-refractivity contribution in [3.8, 4) is 28.5 Å². The fourth-order valence-corrected chi connectivity index (χ4v) is 4.18. The molecule has 1 N–H and O–H groups in total. The van der Waals surface area contributed by atoms with E-state index < -0.39 is 0 Å². The lowest BCUT2D eigenvalue weighted by molar-refractivity contribution is 0.0398. The van der Waals surface area contributed by atoms with E-state index in [0.29, 0.717) is 11.6 Å². The van der Waals surface area contributed by atoms with E-state index in [9.17, 15) is 0 Å². The minimum atomic E-state index is 0.491. The molecule has 0 radical (unpaired) electrons. The zero-order valence-electron chi connectivity index (χ0n) is 20.5. The zero-order valence-corrected chi connectivity index (χ0v) is 20.5. The van der Waals surface area contributed by atoms with Crippen LogP contribution < -0.4 is 14.8 Å². The number of methoxy groups -OCH3 is 1. The van der Waals surface area contributed by atoms with Gasteiger partial charge in [0.05, 0.1) is 26.5 Å². The fraction of sp³-hybridized carbons (Fsp3) is 0.333. The number of benzene rings is 2. The molecule has 0 saturated carbocycles. The number of aromatic nitrogens is 3. The zero-order chi connectivity index (χ0) is 24.2. The van der Waals surface area contributed by atoms with E-state index in [4.69, 9.17) is 19.2 Å². The first-order chi connectivity index (χ1) is 17.1. The summed E-state index contributed by atoms with van der Waals surface area (Å²) in [7, 11) is 1.64. The summed E-state index contributed by atoms with van der Waals surface area (Å²) in [5.74, 6) is 2.71. The summed E-state index contributed by atoms with van der Waals surface area (Å²) >= 11 is 0. The Labute approximate surface area is 205 Å². The highest BCUT2D eigenvalue weighted by atomic mass is 16.5. The van der Waals surface area contributed by atoms with Gasteiger partial charge in [-0.25, -0.2) is 0 Å². The second kappa shape index (κ2) is 10.3. The van der Waals surface area contributed by atoms with Gasteiger partial charge in [0.1, 0.15) is 17.3 Å². The molecule has 3 heterocycles. The number of aryl methyl sites for hydroxylation is 2. The number of ether oxygens (including phenoxy) is 3. The molecule has 8 heteroatoms. The van der Waals surface area contributed by atoms with Gasteiger partial charge in [0.2, 0.25) is 5.88 Å². The monoisotopic (exact) mass is 473 g/mol. The van der Waals surface area contributed by atoms with Gasteiger partial charge in [-0.1, -0.05) is 24.3 Å². The van der Waals surface area contributed by atoms with Gasteiger partial charge in [0.15, 0.2) is 5.65 Å². The molecule has 182 valence electrons. The van der Waals surface area contributed by atoms with Crippen LogP contribution in [0.4, 0.5) is 5.82 Å². The molecule has 2 aromatic heterocycles. The lowest BCUT2D eigenvalue weighted by Gasteiger charge is -2.26. The van der Waals surface area contributed by atoms with Crippen LogP contribution >= 0.6 is 0 Å². The topological polar surface area (TPSA) is 73.2 Å². The first-order valence-electron chi connectivity index (χ1n) is 11.9. The fourth-order valence-electron chi connectivity index (χ4n) is 4.18. The summed E-state index contributed by atoms with van der Waals surface area (Å²) in [5, 5.41) is 8.21. The van der Waals surface area contributed by atoms with Crippen LogP contribution in [-0.4, -0.2) is 66.0 Å². The molecule has 0 bridgehead atoms. The molecule has 8 nitrogen and oxygen atoms in total. The Kier molecular flexibility index (Phi) is 6.83. The highest BCUT2D eigenvalue weighted by Crippen LogP contribution is 2.31. The smallest absolute Gasteiger partial charge is 0.224 e. The van der Waals surface area contributed by atoms with E-state index in [1.807, 2.05) is 41.0 Å². The van der Waals surface area contributed by atoms with Crippen molar-refractivity contribution >= 4 is 11.5 Å². The third kappa shape index (κ3) is 5.23. The number of rotatable bonds is 8. The van der Waals surface area contributed by atoms with Crippen molar-refractivity contribution in [3.63, 3.8) is 0 Å². The van der Waals surface area contributed by atoms with E-state index >= 15 is 0 Å². The number of hydrogen-bond acceptors (Lipinski definition) is 7. The Bertz CT molecular complexity index is 1310. The minimum Gasteiger partial charge on any atom is -0.497 e. The molecule has 1 saturated heterocycles. The largest absolute Gasteiger partial charge is 0.497 e. The first kappa shape index (κ1) is 23.1. The van der Waals surface area contributed by atoms with Crippen molar-refractivity contribution in [1.82, 2.24) is 19.5 Å². The summed E-state index contributed by atoms with van der Waals surface area (Å²) in [6, 6.07) is 15.8. The lowest BCUT2D eigenvalue weighted by Crippen LogP contribution is -2.39. The van der Waals surface area contributed by atoms with Gasteiger partial charge < -0.3 is 19.5 Å². The summed E-state index contributed by atoms with van der Waals surface area (Å²) in [6.45, 7) is 9.42. The molecular weight excluding hydrogens is 442 g/mol. The standard InChI is InChI=1S/C27H31N5O3/c1-19-7-8-21(15-20(19)2)24-18-29-32-25(28-9-10-31-11-13-34-14-12-31)17-26(30-27(24)32)35-23-6-4-5-22(16-23)33-3/h4-8,15-18,28H,9-14H2,1-3H3. The van der Waals surface area contributed by atoms with E-state index in [1.54, 1.807) is 7.11 Å². The maximum Gasteiger partial charge on any atom is 0.224 e. The van der Waals surface area contributed by atoms with E-state index in [1.165, 1.54) is 11.1 Å². The summed E-state index contributed by atoms with van der Waals surface area (Å²) in [4.78, 5) is 7.24. The highest BCUT2D eigenvalue weighted by molar-refractivity contribution is 5.79. The Hall–Kier alpha value is -3.62. The van der Waals surface area contributed by atoms with Gasteiger partial charge >= 0.3 is 0 Å². The molecule has 0 atom stereocenters. The third-order valence-electron chi connectivity index (χ3n) is 6.37. The lowest BCUT2D eigenvalue weighted by atomic mass is 10.0. The number of fused-ring (bicyclic) bond motifs is 1. The summed E-state index contributed by atoms with van der Waals surface area (Å²) in [6.07, 6.45) is 1.87. The maximum atomic E-state index is 6.17. The van der Waals surface area contributed by atoms with Crippen molar-refractivity contribution in [2.24, 2.45) is 0 Å². The Morgan fingerprint density at radius 3 is 2.63 bits per heavy atom. The second-order valence-corrected chi connectivity index (χ2v) is 8.73. The number of morpholine rings is 1. The summed E-state index contributed by atoms with van der Waals surface area (Å²) < 4.78 is 18.8. The number of anilines is 1. The number of nitrogens with one attached hydrogen (secondary N) is 1. The predicted octanol–water partition coefficient (Wildman–Crippen LogP) is 4.56. The van der Waals surface area contributed by atoms with E-state index in [0.717, 1.165) is 67.7 Å². The van der Waals surface area contributed by atoms with Crippen molar-refractivity contribution in [2.45, 2.75) is 13.8 Å². The normalized spacial score (nSPS) is 14.3. The molecule has 5 rings (SSSR count). The molecular formula is C27H31N5O3. The van der Waals surface area contributed by atoms with Gasteiger partial charge in [0.25, 0.3) is 0 Å². The molecule has 0 unspecified atom stereocenters. The van der Waals surface area contributed by atoms with Gasteiger partial charge in [-0.05, 0) is 42.7 Å². The molecule has 4 aromatic rings. The SMILES string of the molecule is COc1cccc(Oc2cc(NCCN3CCOCC3)n3ncc(-c4ccc(C)c(C)c4)c3n2)c1. The van der Waals surface area contributed by atoms with Crippen LogP contribution in [0.1, 0.15) is 11.1 Å². The van der Waals surface area contributed by atoms with Crippen LogP contribution in [0.5, 0.6) is 17.4 Å². The van der Waals surface area contributed by atoms with Crippen LogP contribution in [0.25, 0.3) is 16.8 Å². The van der Waals surface area contributed by atoms with Crippen molar-refractivity contribution in [2.75, 3.05) is 51.8 Å². The maximum absolute atomic E-state index is 6.17. The molecule has 1 fully saturated rings. The van der Waals surface area contributed by atoms with Gasteiger partial charge in [-0.2, -0.15) is 14.6 Å². The first-order valence-corrected chi connectivity index (χ1v) is 11.9. The molecule has 1 aliphatic rings. The molecule has 0 spiro atoms. The predicted molar refractivity (Wildman–Crippen MR) is 137 cm³/mol. The van der Waals surface area contributed by atoms with Crippen LogP contribution in [0.2, 0.25) is 0 Å². The molecule has 0 amide bonds. The van der Waals surface area contributed by atoms with E-state index in [2.05, 4.69) is 47.4 Å². The van der Waals surface area contributed by atoms with Gasteiger partial charge in [0, 0.05) is 43.9 Å². The van der Waals surface area contributed by atoms with Crippen LogP contribution in [-0.2, 0) is 4.74 Å². The van der Waals surface area contributed by atoms with Crippen molar-refractivity contribution in [1.29, 1.82) is 0 Å². The Morgan fingerprint density at radius 2 is 1.83 bits per heavy atom. The molecule has 2 aromatic carbocycles. The Morgan fingerprint density at radius 1 is 1.00 bits per heavy atom. The van der Waals surface area contributed by atoms with Gasteiger partial charge in [-0.3, -0.25) is 4.90 Å².